The Kier molecular flexibility index (Phi) is 7.66. The van der Waals surface area contributed by atoms with Crippen LogP contribution in [0.2, 0.25) is 0 Å². The van der Waals surface area contributed by atoms with E-state index in [2.05, 4.69) is 34.6 Å². The van der Waals surface area contributed by atoms with Crippen molar-refractivity contribution < 1.29 is 9.53 Å². The standard InChI is InChI=1S/C25H31N3O2/c1-4-9-22-24(26-25(29)21(5-2)19-10-7-6-8-11-19)23(28-27-22)17-14-18-12-15-20(30-3)16-13-18/h6-8,10-13,15-16,21H,4-5,9,14,17H2,1-3H3,(H,26,29)(H,27,28)/t21-/m0/s1. The zero-order chi connectivity index (χ0) is 21.3. The molecular weight excluding hydrogens is 374 g/mol. The molecule has 1 aromatic heterocycles. The smallest absolute Gasteiger partial charge is 0.232 e. The molecule has 0 bridgehead atoms. The van der Waals surface area contributed by atoms with Crippen molar-refractivity contribution in [1.29, 1.82) is 0 Å². The molecule has 158 valence electrons. The number of ether oxygens (including phenoxy) is 1. The van der Waals surface area contributed by atoms with E-state index in [1.807, 2.05) is 49.4 Å². The molecule has 0 aliphatic rings. The normalized spacial score (nSPS) is 11.8. The van der Waals surface area contributed by atoms with Crippen molar-refractivity contribution in [3.8, 4) is 5.75 Å². The number of aromatic nitrogens is 2. The Morgan fingerprint density at radius 1 is 1.03 bits per heavy atom. The number of nitrogens with zero attached hydrogens (tertiary/aromatic N) is 1. The molecule has 0 fully saturated rings. The highest BCUT2D eigenvalue weighted by Gasteiger charge is 2.22. The number of hydrogen-bond acceptors (Lipinski definition) is 3. The van der Waals surface area contributed by atoms with Gasteiger partial charge in [0.25, 0.3) is 0 Å². The summed E-state index contributed by atoms with van der Waals surface area (Å²) in [6.45, 7) is 4.17. The number of H-pyrrole nitrogens is 1. The first kappa shape index (κ1) is 21.6. The number of amides is 1. The summed E-state index contributed by atoms with van der Waals surface area (Å²) in [4.78, 5) is 13.1. The van der Waals surface area contributed by atoms with Crippen molar-refractivity contribution in [3.63, 3.8) is 0 Å². The van der Waals surface area contributed by atoms with Gasteiger partial charge in [0.15, 0.2) is 0 Å². The molecule has 0 aliphatic heterocycles. The summed E-state index contributed by atoms with van der Waals surface area (Å²) in [5.74, 6) is 0.696. The highest BCUT2D eigenvalue weighted by molar-refractivity contribution is 5.96. The molecule has 2 aromatic carbocycles. The Balaban J connectivity index is 1.76. The van der Waals surface area contributed by atoms with Gasteiger partial charge in [-0.1, -0.05) is 62.7 Å². The lowest BCUT2D eigenvalue weighted by Crippen LogP contribution is -2.22. The van der Waals surface area contributed by atoms with E-state index in [1.165, 1.54) is 5.56 Å². The summed E-state index contributed by atoms with van der Waals surface area (Å²) in [6, 6.07) is 18.0. The fourth-order valence-corrected chi connectivity index (χ4v) is 3.70. The van der Waals surface area contributed by atoms with Crippen LogP contribution in [0.4, 0.5) is 5.69 Å². The predicted octanol–water partition coefficient (Wildman–Crippen LogP) is 5.29. The Labute approximate surface area is 178 Å². The van der Waals surface area contributed by atoms with E-state index in [0.29, 0.717) is 0 Å². The minimum absolute atomic E-state index is 0.0214. The quantitative estimate of drug-likeness (QED) is 0.482. The number of carbonyl (C=O) groups excluding carboxylic acids is 1. The van der Waals surface area contributed by atoms with E-state index in [9.17, 15) is 4.79 Å². The van der Waals surface area contributed by atoms with Gasteiger partial charge >= 0.3 is 0 Å². The van der Waals surface area contributed by atoms with Gasteiger partial charge in [-0.2, -0.15) is 5.10 Å². The Morgan fingerprint density at radius 3 is 2.40 bits per heavy atom. The molecule has 2 N–H and O–H groups in total. The molecular formula is C25H31N3O2. The summed E-state index contributed by atoms with van der Waals surface area (Å²) in [5.41, 5.74) is 5.01. The molecule has 5 nitrogen and oxygen atoms in total. The van der Waals surface area contributed by atoms with Gasteiger partial charge in [0.2, 0.25) is 5.91 Å². The summed E-state index contributed by atoms with van der Waals surface area (Å²) in [5, 5.41) is 10.9. The van der Waals surface area contributed by atoms with Gasteiger partial charge in [-0.05, 0) is 48.9 Å². The molecule has 3 aromatic rings. The fourth-order valence-electron chi connectivity index (χ4n) is 3.70. The molecule has 0 radical (unpaired) electrons. The summed E-state index contributed by atoms with van der Waals surface area (Å²) in [7, 11) is 1.67. The highest BCUT2D eigenvalue weighted by atomic mass is 16.5. The van der Waals surface area contributed by atoms with E-state index in [4.69, 9.17) is 4.74 Å². The molecule has 0 aliphatic carbocycles. The lowest BCUT2D eigenvalue weighted by molar-refractivity contribution is -0.117. The Morgan fingerprint density at radius 2 is 1.77 bits per heavy atom. The number of hydrogen-bond donors (Lipinski definition) is 2. The van der Waals surface area contributed by atoms with Crippen LogP contribution in [0.5, 0.6) is 5.75 Å². The van der Waals surface area contributed by atoms with Crippen molar-refractivity contribution in [2.24, 2.45) is 0 Å². The zero-order valence-corrected chi connectivity index (χ0v) is 18.1. The number of nitrogens with one attached hydrogen (secondary N) is 2. The molecule has 0 spiro atoms. The van der Waals surface area contributed by atoms with Crippen LogP contribution in [0.1, 0.15) is 55.1 Å². The summed E-state index contributed by atoms with van der Waals surface area (Å²) in [6.07, 6.45) is 4.19. The fraction of sp³-hybridized carbons (Fsp3) is 0.360. The van der Waals surface area contributed by atoms with Crippen molar-refractivity contribution in [2.45, 2.75) is 51.9 Å². The van der Waals surface area contributed by atoms with Crippen LogP contribution in [0.15, 0.2) is 54.6 Å². The summed E-state index contributed by atoms with van der Waals surface area (Å²) >= 11 is 0. The minimum atomic E-state index is -0.176. The molecule has 5 heteroatoms. The number of benzene rings is 2. The number of methoxy groups -OCH3 is 1. The number of aryl methyl sites for hydroxylation is 3. The van der Waals surface area contributed by atoms with E-state index in [-0.39, 0.29) is 11.8 Å². The molecule has 0 saturated carbocycles. The third-order valence-electron chi connectivity index (χ3n) is 5.40. The first-order valence-electron chi connectivity index (χ1n) is 10.7. The lowest BCUT2D eigenvalue weighted by atomic mass is 9.95. The van der Waals surface area contributed by atoms with Gasteiger partial charge in [-0.3, -0.25) is 9.89 Å². The van der Waals surface area contributed by atoms with Gasteiger partial charge in [-0.25, -0.2) is 0 Å². The Bertz CT molecular complexity index is 933. The molecule has 1 heterocycles. The highest BCUT2D eigenvalue weighted by Crippen LogP contribution is 2.26. The topological polar surface area (TPSA) is 67.0 Å². The van der Waals surface area contributed by atoms with Gasteiger partial charge in [0.1, 0.15) is 5.75 Å². The van der Waals surface area contributed by atoms with Crippen molar-refractivity contribution in [1.82, 2.24) is 10.2 Å². The molecule has 0 unspecified atom stereocenters. The van der Waals surface area contributed by atoms with E-state index >= 15 is 0 Å². The first-order valence-corrected chi connectivity index (χ1v) is 10.7. The van der Waals surface area contributed by atoms with Crippen LogP contribution in [0.25, 0.3) is 0 Å². The van der Waals surface area contributed by atoms with Crippen molar-refractivity contribution in [3.05, 3.63) is 77.1 Å². The largest absolute Gasteiger partial charge is 0.497 e. The van der Waals surface area contributed by atoms with Gasteiger partial charge in [0.05, 0.1) is 30.1 Å². The number of aromatic amines is 1. The number of anilines is 1. The second-order valence-corrected chi connectivity index (χ2v) is 7.48. The van der Waals surface area contributed by atoms with Crippen LogP contribution in [0, 0.1) is 0 Å². The average molecular weight is 406 g/mol. The van der Waals surface area contributed by atoms with Gasteiger partial charge in [-0.15, -0.1) is 0 Å². The third-order valence-corrected chi connectivity index (χ3v) is 5.40. The minimum Gasteiger partial charge on any atom is -0.497 e. The maximum atomic E-state index is 13.1. The van der Waals surface area contributed by atoms with Crippen LogP contribution in [-0.2, 0) is 24.1 Å². The molecule has 1 amide bonds. The molecule has 1 atom stereocenters. The molecule has 0 saturated heterocycles. The molecule has 3 rings (SSSR count). The van der Waals surface area contributed by atoms with E-state index in [1.54, 1.807) is 7.11 Å². The van der Waals surface area contributed by atoms with Crippen LogP contribution < -0.4 is 10.1 Å². The molecule has 30 heavy (non-hydrogen) atoms. The SMILES string of the molecule is CCCc1[nH]nc(CCc2ccc(OC)cc2)c1NC(=O)[C@@H](CC)c1ccccc1. The van der Waals surface area contributed by atoms with Crippen LogP contribution in [-0.4, -0.2) is 23.2 Å². The van der Waals surface area contributed by atoms with E-state index in [0.717, 1.165) is 60.5 Å². The lowest BCUT2D eigenvalue weighted by Gasteiger charge is -2.16. The average Bonchev–Trinajstić information content (AvgIpc) is 3.15. The second-order valence-electron chi connectivity index (χ2n) is 7.48. The number of rotatable bonds is 10. The number of carbonyl (C=O) groups is 1. The maximum absolute atomic E-state index is 13.1. The van der Waals surface area contributed by atoms with Gasteiger partial charge in [0, 0.05) is 0 Å². The maximum Gasteiger partial charge on any atom is 0.232 e. The second kappa shape index (κ2) is 10.6. The first-order chi connectivity index (χ1) is 14.7. The summed E-state index contributed by atoms with van der Waals surface area (Å²) < 4.78 is 5.23. The third kappa shape index (κ3) is 5.29. The Hall–Kier alpha value is -3.08. The van der Waals surface area contributed by atoms with Crippen molar-refractivity contribution >= 4 is 11.6 Å². The van der Waals surface area contributed by atoms with E-state index < -0.39 is 0 Å². The van der Waals surface area contributed by atoms with Crippen molar-refractivity contribution in [2.75, 3.05) is 12.4 Å². The van der Waals surface area contributed by atoms with Crippen LogP contribution in [0.3, 0.4) is 0 Å². The van der Waals surface area contributed by atoms with Crippen LogP contribution >= 0.6 is 0 Å². The zero-order valence-electron chi connectivity index (χ0n) is 18.1. The van der Waals surface area contributed by atoms with Gasteiger partial charge < -0.3 is 10.1 Å². The predicted molar refractivity (Wildman–Crippen MR) is 121 cm³/mol. The monoisotopic (exact) mass is 405 g/mol.